The summed E-state index contributed by atoms with van der Waals surface area (Å²) in [5.74, 6) is -0.359. The van der Waals surface area contributed by atoms with E-state index in [0.717, 1.165) is 25.9 Å². The summed E-state index contributed by atoms with van der Waals surface area (Å²) in [6, 6.07) is 6.72. The highest BCUT2D eigenvalue weighted by atomic mass is 32.2. The molecule has 1 aromatic rings. The maximum atomic E-state index is 13.0. The van der Waals surface area contributed by atoms with Crippen molar-refractivity contribution in [1.82, 2.24) is 14.9 Å². The number of hydrogen-bond acceptors (Lipinski definition) is 6. The van der Waals surface area contributed by atoms with Crippen molar-refractivity contribution in [3.63, 3.8) is 0 Å². The van der Waals surface area contributed by atoms with Gasteiger partial charge in [-0.2, -0.15) is 0 Å². The van der Waals surface area contributed by atoms with Crippen LogP contribution in [-0.2, 0) is 10.0 Å². The van der Waals surface area contributed by atoms with Gasteiger partial charge in [-0.1, -0.05) is 19.1 Å². The SMILES string of the molecule is CCN1CCC[C@@H]1C[C@](C)(NC)S(=O)(=O)NC(=O)c1ccccc1OC. The van der Waals surface area contributed by atoms with E-state index in [4.69, 9.17) is 4.74 Å². The molecule has 1 fully saturated rings. The van der Waals surface area contributed by atoms with E-state index in [0.29, 0.717) is 12.2 Å². The summed E-state index contributed by atoms with van der Waals surface area (Å²) < 4.78 is 33.4. The van der Waals surface area contributed by atoms with E-state index < -0.39 is 20.8 Å². The number of amides is 1. The molecule has 146 valence electrons. The standard InChI is InChI=1S/C18H29N3O4S/c1-5-21-12-8-9-14(21)13-18(2,19-3)26(23,24)20-17(22)15-10-6-7-11-16(15)25-4/h6-7,10-11,14,19H,5,8-9,12-13H2,1-4H3,(H,20,22)/t14-,18-/m1/s1. The first-order valence-corrected chi connectivity index (χ1v) is 10.4. The highest BCUT2D eigenvalue weighted by molar-refractivity contribution is 7.91. The lowest BCUT2D eigenvalue weighted by atomic mass is 10.1. The lowest BCUT2D eigenvalue weighted by Gasteiger charge is -2.34. The summed E-state index contributed by atoms with van der Waals surface area (Å²) in [6.07, 6.45) is 2.43. The molecule has 1 aliphatic heterocycles. The quantitative estimate of drug-likeness (QED) is 0.708. The normalized spacial score (nSPS) is 20.5. The first-order chi connectivity index (χ1) is 12.3. The Balaban J connectivity index is 2.21. The van der Waals surface area contributed by atoms with Crippen LogP contribution in [0.1, 0.15) is 43.5 Å². The van der Waals surface area contributed by atoms with E-state index in [1.807, 2.05) is 0 Å². The Kier molecular flexibility index (Phi) is 6.65. The topological polar surface area (TPSA) is 87.7 Å². The van der Waals surface area contributed by atoms with Crippen LogP contribution in [0.4, 0.5) is 0 Å². The summed E-state index contributed by atoms with van der Waals surface area (Å²) in [5.41, 5.74) is 0.188. The van der Waals surface area contributed by atoms with Crippen molar-refractivity contribution >= 4 is 15.9 Å². The summed E-state index contributed by atoms with van der Waals surface area (Å²) in [4.78, 5) is 13.6. The number of hydrogen-bond donors (Lipinski definition) is 2. The van der Waals surface area contributed by atoms with Crippen LogP contribution in [0.15, 0.2) is 24.3 Å². The van der Waals surface area contributed by atoms with E-state index >= 15 is 0 Å². The van der Waals surface area contributed by atoms with Crippen molar-refractivity contribution in [1.29, 1.82) is 0 Å². The van der Waals surface area contributed by atoms with Gasteiger partial charge in [0.25, 0.3) is 15.9 Å². The highest BCUT2D eigenvalue weighted by Crippen LogP contribution is 2.28. The van der Waals surface area contributed by atoms with Crippen molar-refractivity contribution in [2.75, 3.05) is 27.2 Å². The number of likely N-dealkylation sites (tertiary alicyclic amines) is 1. The van der Waals surface area contributed by atoms with Crippen LogP contribution in [0.2, 0.25) is 0 Å². The predicted octanol–water partition coefficient (Wildman–Crippen LogP) is 1.56. The van der Waals surface area contributed by atoms with Crippen molar-refractivity contribution in [3.8, 4) is 5.75 Å². The minimum atomic E-state index is -3.96. The van der Waals surface area contributed by atoms with Gasteiger partial charge in [-0.05, 0) is 58.5 Å². The molecule has 26 heavy (non-hydrogen) atoms. The Hall–Kier alpha value is -1.64. The number of carbonyl (C=O) groups excluding carboxylic acids is 1. The summed E-state index contributed by atoms with van der Waals surface area (Å²) in [5, 5.41) is 2.92. The number of sulfonamides is 1. The zero-order valence-corrected chi connectivity index (χ0v) is 16.7. The molecule has 0 spiro atoms. The van der Waals surface area contributed by atoms with Crippen LogP contribution < -0.4 is 14.8 Å². The Morgan fingerprint density at radius 2 is 2.08 bits per heavy atom. The van der Waals surface area contributed by atoms with Gasteiger partial charge in [0.1, 0.15) is 10.6 Å². The molecule has 1 saturated heterocycles. The lowest BCUT2D eigenvalue weighted by Crippen LogP contribution is -2.56. The van der Waals surface area contributed by atoms with Crippen LogP contribution in [0.25, 0.3) is 0 Å². The molecule has 0 radical (unpaired) electrons. The third-order valence-electron chi connectivity index (χ3n) is 5.23. The van der Waals surface area contributed by atoms with Gasteiger partial charge in [-0.3, -0.25) is 4.79 Å². The van der Waals surface area contributed by atoms with Crippen LogP contribution in [-0.4, -0.2) is 57.4 Å². The zero-order valence-electron chi connectivity index (χ0n) is 15.9. The Bertz CT molecular complexity index is 738. The van der Waals surface area contributed by atoms with E-state index in [9.17, 15) is 13.2 Å². The summed E-state index contributed by atoms with van der Waals surface area (Å²) in [7, 11) is -0.905. The number of methoxy groups -OCH3 is 1. The van der Waals surface area contributed by atoms with Crippen molar-refractivity contribution in [3.05, 3.63) is 29.8 Å². The number of nitrogens with one attached hydrogen (secondary N) is 2. The molecule has 1 heterocycles. The summed E-state index contributed by atoms with van der Waals surface area (Å²) in [6.45, 7) is 5.57. The molecule has 2 atom stereocenters. The average molecular weight is 384 g/mol. The molecule has 8 heteroatoms. The Labute approximate surface area is 156 Å². The number of nitrogens with zero attached hydrogens (tertiary/aromatic N) is 1. The fourth-order valence-electron chi connectivity index (χ4n) is 3.46. The first-order valence-electron chi connectivity index (χ1n) is 8.90. The molecule has 0 unspecified atom stereocenters. The second-order valence-electron chi connectivity index (χ2n) is 6.74. The molecule has 0 saturated carbocycles. The van der Waals surface area contributed by atoms with Crippen LogP contribution >= 0.6 is 0 Å². The molecular formula is C18H29N3O4S. The third kappa shape index (κ3) is 4.19. The molecule has 1 aliphatic rings. The lowest BCUT2D eigenvalue weighted by molar-refractivity contribution is 0.0976. The predicted molar refractivity (Wildman–Crippen MR) is 102 cm³/mol. The van der Waals surface area contributed by atoms with Gasteiger partial charge in [0.15, 0.2) is 0 Å². The molecule has 7 nitrogen and oxygen atoms in total. The highest BCUT2D eigenvalue weighted by Gasteiger charge is 2.43. The van der Waals surface area contributed by atoms with Gasteiger partial charge in [0, 0.05) is 6.04 Å². The van der Waals surface area contributed by atoms with Crippen molar-refractivity contribution in [2.24, 2.45) is 0 Å². The van der Waals surface area contributed by atoms with Gasteiger partial charge in [-0.25, -0.2) is 13.1 Å². The number of benzene rings is 1. The van der Waals surface area contributed by atoms with Gasteiger partial charge in [-0.15, -0.1) is 0 Å². The number of para-hydroxylation sites is 1. The number of rotatable bonds is 8. The van der Waals surface area contributed by atoms with Gasteiger partial charge in [0.2, 0.25) is 0 Å². The van der Waals surface area contributed by atoms with E-state index in [1.165, 1.54) is 13.2 Å². The van der Waals surface area contributed by atoms with E-state index in [-0.39, 0.29) is 11.6 Å². The van der Waals surface area contributed by atoms with Crippen molar-refractivity contribution < 1.29 is 17.9 Å². The molecule has 0 aliphatic carbocycles. The first kappa shape index (κ1) is 20.7. The monoisotopic (exact) mass is 383 g/mol. The maximum absolute atomic E-state index is 13.0. The molecule has 0 aromatic heterocycles. The smallest absolute Gasteiger partial charge is 0.268 e. The molecule has 1 aromatic carbocycles. The largest absolute Gasteiger partial charge is 0.496 e. The molecule has 2 N–H and O–H groups in total. The van der Waals surface area contributed by atoms with Gasteiger partial charge in [0.05, 0.1) is 12.7 Å². The number of ether oxygens (including phenoxy) is 1. The minimum Gasteiger partial charge on any atom is -0.496 e. The summed E-state index contributed by atoms with van der Waals surface area (Å²) >= 11 is 0. The molecular weight excluding hydrogens is 354 g/mol. The minimum absolute atomic E-state index is 0.176. The van der Waals surface area contributed by atoms with E-state index in [1.54, 1.807) is 32.2 Å². The molecule has 1 amide bonds. The van der Waals surface area contributed by atoms with Crippen molar-refractivity contribution in [2.45, 2.75) is 44.0 Å². The Morgan fingerprint density at radius 3 is 2.69 bits per heavy atom. The Morgan fingerprint density at radius 1 is 1.38 bits per heavy atom. The molecule has 0 bridgehead atoms. The van der Waals surface area contributed by atoms with Gasteiger partial charge < -0.3 is 15.0 Å². The zero-order chi connectivity index (χ0) is 19.4. The molecule has 2 rings (SSSR count). The second-order valence-corrected chi connectivity index (χ2v) is 8.86. The average Bonchev–Trinajstić information content (AvgIpc) is 3.07. The second kappa shape index (κ2) is 8.37. The van der Waals surface area contributed by atoms with Crippen LogP contribution in [0.5, 0.6) is 5.75 Å². The van der Waals surface area contributed by atoms with Crippen LogP contribution in [0, 0.1) is 0 Å². The van der Waals surface area contributed by atoms with Gasteiger partial charge >= 0.3 is 0 Å². The third-order valence-corrected chi connectivity index (χ3v) is 7.24. The fourth-order valence-corrected chi connectivity index (χ4v) is 4.72. The number of carbonyl (C=O) groups is 1. The van der Waals surface area contributed by atoms with E-state index in [2.05, 4.69) is 21.9 Å². The van der Waals surface area contributed by atoms with Crippen LogP contribution in [0.3, 0.4) is 0 Å². The fraction of sp³-hybridized carbons (Fsp3) is 0.611. The maximum Gasteiger partial charge on any atom is 0.268 e.